The Bertz CT molecular complexity index is 629. The van der Waals surface area contributed by atoms with E-state index in [0.717, 1.165) is 12.1 Å². The van der Waals surface area contributed by atoms with Gasteiger partial charge in [-0.05, 0) is 26.8 Å². The molecule has 7 heteroatoms. The predicted octanol–water partition coefficient (Wildman–Crippen LogP) is 4.03. The van der Waals surface area contributed by atoms with Crippen LogP contribution in [0.4, 0.5) is 26.0 Å². The lowest BCUT2D eigenvalue weighted by atomic mass is 10.2. The van der Waals surface area contributed by atoms with E-state index in [1.165, 1.54) is 0 Å². The number of nitrogens with one attached hydrogen (secondary N) is 1. The number of nitrogen functional groups attached to an aromatic ring is 1. The number of hydrogen-bond acceptors (Lipinski definition) is 3. The molecular weight excluding hydrogens is 286 g/mol. The number of anilines is 3. The first-order valence-electron chi connectivity index (χ1n) is 6.07. The third kappa shape index (κ3) is 2.56. The second-order valence-electron chi connectivity index (χ2n) is 4.76. The number of aromatic nitrogens is 2. The van der Waals surface area contributed by atoms with Gasteiger partial charge in [0.1, 0.15) is 5.82 Å². The maximum absolute atomic E-state index is 13.8. The maximum atomic E-state index is 13.8. The van der Waals surface area contributed by atoms with Gasteiger partial charge in [-0.1, -0.05) is 11.6 Å². The van der Waals surface area contributed by atoms with Crippen LogP contribution in [0.2, 0.25) is 5.02 Å². The van der Waals surface area contributed by atoms with Gasteiger partial charge in [-0.15, -0.1) is 0 Å². The summed E-state index contributed by atoms with van der Waals surface area (Å²) in [5.74, 6) is -1.09. The van der Waals surface area contributed by atoms with Gasteiger partial charge in [-0.25, -0.2) is 13.5 Å². The van der Waals surface area contributed by atoms with E-state index in [4.69, 9.17) is 17.3 Å². The molecule has 0 unspecified atom stereocenters. The molecule has 0 radical (unpaired) electrons. The molecule has 0 spiro atoms. The van der Waals surface area contributed by atoms with Crippen LogP contribution < -0.4 is 11.1 Å². The fourth-order valence-corrected chi connectivity index (χ4v) is 2.08. The summed E-state index contributed by atoms with van der Waals surface area (Å²) in [5, 5.41) is 7.02. The van der Waals surface area contributed by atoms with E-state index >= 15 is 0 Å². The Morgan fingerprint density at radius 3 is 2.55 bits per heavy atom. The van der Waals surface area contributed by atoms with Crippen molar-refractivity contribution in [2.45, 2.75) is 26.8 Å². The van der Waals surface area contributed by atoms with Crippen molar-refractivity contribution in [1.82, 2.24) is 9.78 Å². The van der Waals surface area contributed by atoms with E-state index in [1.54, 1.807) is 11.6 Å². The van der Waals surface area contributed by atoms with Gasteiger partial charge >= 0.3 is 0 Å². The highest BCUT2D eigenvalue weighted by Crippen LogP contribution is 2.33. The van der Waals surface area contributed by atoms with Crippen molar-refractivity contribution in [2.24, 2.45) is 0 Å². The molecule has 4 nitrogen and oxygen atoms in total. The first kappa shape index (κ1) is 14.6. The fraction of sp³-hybridized carbons (Fsp3) is 0.308. The summed E-state index contributed by atoms with van der Waals surface area (Å²) in [7, 11) is 0. The molecule has 0 aliphatic carbocycles. The van der Waals surface area contributed by atoms with E-state index in [-0.39, 0.29) is 16.8 Å². The van der Waals surface area contributed by atoms with Crippen molar-refractivity contribution in [2.75, 3.05) is 11.1 Å². The van der Waals surface area contributed by atoms with Crippen molar-refractivity contribution in [3.63, 3.8) is 0 Å². The van der Waals surface area contributed by atoms with E-state index in [0.29, 0.717) is 17.2 Å². The smallest absolute Gasteiger partial charge is 0.152 e. The number of halogens is 3. The highest BCUT2D eigenvalue weighted by molar-refractivity contribution is 6.33. The second-order valence-corrected chi connectivity index (χ2v) is 5.16. The average molecular weight is 301 g/mol. The molecule has 0 aliphatic heterocycles. The van der Waals surface area contributed by atoms with E-state index in [1.807, 2.05) is 13.8 Å². The fourth-order valence-electron chi connectivity index (χ4n) is 1.84. The Balaban J connectivity index is 2.50. The highest BCUT2D eigenvalue weighted by Gasteiger charge is 2.18. The van der Waals surface area contributed by atoms with Crippen molar-refractivity contribution in [1.29, 1.82) is 0 Å². The largest absolute Gasteiger partial charge is 0.394 e. The lowest BCUT2D eigenvalue weighted by Gasteiger charge is -2.15. The zero-order valence-corrected chi connectivity index (χ0v) is 12.1. The molecule has 0 amide bonds. The third-order valence-electron chi connectivity index (χ3n) is 2.87. The van der Waals surface area contributed by atoms with Gasteiger partial charge in [0.2, 0.25) is 0 Å². The molecule has 0 saturated carbocycles. The van der Waals surface area contributed by atoms with Gasteiger partial charge in [0, 0.05) is 12.1 Å². The summed E-state index contributed by atoms with van der Waals surface area (Å²) in [4.78, 5) is 0. The van der Waals surface area contributed by atoms with Crippen molar-refractivity contribution in [3.05, 3.63) is 34.5 Å². The Hall–Kier alpha value is -1.82. The molecule has 108 valence electrons. The first-order valence-corrected chi connectivity index (χ1v) is 6.45. The second kappa shape index (κ2) is 5.28. The van der Waals surface area contributed by atoms with E-state index in [2.05, 4.69) is 10.4 Å². The molecule has 3 N–H and O–H groups in total. The van der Waals surface area contributed by atoms with Crippen LogP contribution in [0.1, 0.15) is 25.6 Å². The zero-order chi connectivity index (χ0) is 15.0. The van der Waals surface area contributed by atoms with Gasteiger partial charge in [0.25, 0.3) is 0 Å². The predicted molar refractivity (Wildman–Crippen MR) is 76.4 cm³/mol. The third-order valence-corrected chi connectivity index (χ3v) is 3.17. The quantitative estimate of drug-likeness (QED) is 0.900. The van der Waals surface area contributed by atoms with E-state index < -0.39 is 11.6 Å². The van der Waals surface area contributed by atoms with Crippen LogP contribution in [0.5, 0.6) is 0 Å². The Morgan fingerprint density at radius 1 is 1.35 bits per heavy atom. The van der Waals surface area contributed by atoms with Crippen molar-refractivity contribution < 1.29 is 8.78 Å². The standard InChI is InChI=1S/C13H15ClF2N4/c1-6(2)20-13(11(17)7(3)19-20)18-12-9(14)4-8(15)5-10(12)16/h4-6,18H,17H2,1-3H3. The molecule has 1 aromatic carbocycles. The van der Waals surface area contributed by atoms with Crippen LogP contribution >= 0.6 is 11.6 Å². The molecule has 0 atom stereocenters. The van der Waals surface area contributed by atoms with Gasteiger partial charge < -0.3 is 11.1 Å². The van der Waals surface area contributed by atoms with Gasteiger partial charge in [0.15, 0.2) is 11.6 Å². The van der Waals surface area contributed by atoms with Crippen LogP contribution in [-0.4, -0.2) is 9.78 Å². The van der Waals surface area contributed by atoms with Crippen LogP contribution in [0.15, 0.2) is 12.1 Å². The Labute approximate surface area is 120 Å². The topological polar surface area (TPSA) is 55.9 Å². The SMILES string of the molecule is Cc1nn(C(C)C)c(Nc2c(F)cc(F)cc2Cl)c1N. The summed E-state index contributed by atoms with van der Waals surface area (Å²) in [5.41, 5.74) is 6.93. The molecule has 1 heterocycles. The lowest BCUT2D eigenvalue weighted by Crippen LogP contribution is -2.09. The minimum atomic E-state index is -0.788. The summed E-state index contributed by atoms with van der Waals surface area (Å²) in [6, 6.07) is 1.81. The molecule has 1 aromatic heterocycles. The van der Waals surface area contributed by atoms with Crippen LogP contribution in [0.3, 0.4) is 0 Å². The number of rotatable bonds is 3. The zero-order valence-electron chi connectivity index (χ0n) is 11.3. The number of nitrogens with zero attached hydrogens (tertiary/aromatic N) is 2. The number of benzene rings is 1. The highest BCUT2D eigenvalue weighted by atomic mass is 35.5. The van der Waals surface area contributed by atoms with Crippen molar-refractivity contribution >= 4 is 28.8 Å². The first-order chi connectivity index (χ1) is 9.31. The Morgan fingerprint density at radius 2 is 2.00 bits per heavy atom. The van der Waals surface area contributed by atoms with Gasteiger partial charge in [0.05, 0.1) is 22.1 Å². The van der Waals surface area contributed by atoms with Crippen molar-refractivity contribution in [3.8, 4) is 0 Å². The molecule has 0 fully saturated rings. The average Bonchev–Trinajstić information content (AvgIpc) is 2.61. The van der Waals surface area contributed by atoms with E-state index in [9.17, 15) is 8.78 Å². The molecule has 20 heavy (non-hydrogen) atoms. The number of nitrogens with two attached hydrogens (primary N) is 1. The van der Waals surface area contributed by atoms with Gasteiger partial charge in [-0.2, -0.15) is 5.10 Å². The molecule has 0 aliphatic rings. The van der Waals surface area contributed by atoms with Crippen LogP contribution in [-0.2, 0) is 0 Å². The molecule has 0 saturated heterocycles. The summed E-state index contributed by atoms with van der Waals surface area (Å²) < 4.78 is 28.5. The number of hydrogen-bond donors (Lipinski definition) is 2. The number of aryl methyl sites for hydroxylation is 1. The summed E-state index contributed by atoms with van der Waals surface area (Å²) >= 11 is 5.86. The molecule has 2 aromatic rings. The minimum Gasteiger partial charge on any atom is -0.394 e. The summed E-state index contributed by atoms with van der Waals surface area (Å²) in [6.07, 6.45) is 0. The van der Waals surface area contributed by atoms with Gasteiger partial charge in [-0.3, -0.25) is 0 Å². The minimum absolute atomic E-state index is 0.0239. The Kier molecular flexibility index (Phi) is 3.85. The molecule has 2 rings (SSSR count). The molecule has 0 bridgehead atoms. The van der Waals surface area contributed by atoms with Crippen LogP contribution in [0.25, 0.3) is 0 Å². The van der Waals surface area contributed by atoms with Crippen LogP contribution in [0, 0.1) is 18.6 Å². The summed E-state index contributed by atoms with van der Waals surface area (Å²) in [6.45, 7) is 5.58. The monoisotopic (exact) mass is 300 g/mol. The maximum Gasteiger partial charge on any atom is 0.152 e. The normalized spacial score (nSPS) is 11.2. The lowest BCUT2D eigenvalue weighted by molar-refractivity contribution is 0.535. The molecular formula is C13H15ClF2N4.